The average Bonchev–Trinajstić information content (AvgIpc) is 2.38. The predicted octanol–water partition coefficient (Wildman–Crippen LogP) is 1.03. The van der Waals surface area contributed by atoms with Crippen molar-refractivity contribution < 1.29 is 24.3 Å². The summed E-state index contributed by atoms with van der Waals surface area (Å²) in [6.45, 7) is 1.22. The molecule has 1 aromatic carbocycles. The van der Waals surface area contributed by atoms with Crippen LogP contribution in [0.2, 0.25) is 0 Å². The Morgan fingerprint density at radius 2 is 1.94 bits per heavy atom. The van der Waals surface area contributed by atoms with E-state index in [4.69, 9.17) is 14.7 Å². The zero-order valence-electron chi connectivity index (χ0n) is 9.89. The Morgan fingerprint density at radius 3 is 2.29 bits per heavy atom. The molecule has 0 aliphatic heterocycles. The summed E-state index contributed by atoms with van der Waals surface area (Å²) in [4.78, 5) is 20.0. The lowest BCUT2D eigenvalue weighted by Gasteiger charge is -2.04. The van der Waals surface area contributed by atoms with Gasteiger partial charge in [0.1, 0.15) is 11.5 Å². The van der Waals surface area contributed by atoms with Crippen LogP contribution in [0.3, 0.4) is 0 Å². The summed E-state index contributed by atoms with van der Waals surface area (Å²) in [5, 5.41) is 7.54. The number of methoxy groups -OCH3 is 2. The van der Waals surface area contributed by atoms with Crippen molar-refractivity contribution >= 4 is 12.2 Å². The van der Waals surface area contributed by atoms with Crippen molar-refractivity contribution in [2.24, 2.45) is 0 Å². The van der Waals surface area contributed by atoms with Crippen molar-refractivity contribution in [2.45, 2.75) is 6.92 Å². The van der Waals surface area contributed by atoms with E-state index in [0.717, 1.165) is 6.29 Å². The number of aldehydes is 1. The van der Waals surface area contributed by atoms with Gasteiger partial charge in [-0.15, -0.1) is 0 Å². The number of ether oxygens (including phenoxy) is 2. The average molecular weight is 241 g/mol. The van der Waals surface area contributed by atoms with Gasteiger partial charge in [0.2, 0.25) is 5.91 Å². The van der Waals surface area contributed by atoms with Crippen LogP contribution in [0.1, 0.15) is 17.3 Å². The van der Waals surface area contributed by atoms with Crippen LogP contribution < -0.4 is 15.0 Å². The Bertz CT molecular complexity index is 378. The summed E-state index contributed by atoms with van der Waals surface area (Å²) in [7, 11) is 3.07. The smallest absolute Gasteiger partial charge is 0.240 e. The minimum absolute atomic E-state index is 0.440. The Kier molecular flexibility index (Phi) is 7.12. The van der Waals surface area contributed by atoms with Crippen LogP contribution in [0.25, 0.3) is 0 Å². The Hall–Kier alpha value is -2.08. The van der Waals surface area contributed by atoms with E-state index in [0.29, 0.717) is 17.1 Å². The fraction of sp³-hybridized carbons (Fsp3) is 0.273. The fourth-order valence-electron chi connectivity index (χ4n) is 0.932. The fourth-order valence-corrected chi connectivity index (χ4v) is 0.932. The largest absolute Gasteiger partial charge is 0.497 e. The molecule has 0 radical (unpaired) electrons. The highest BCUT2D eigenvalue weighted by atomic mass is 16.5. The maximum Gasteiger partial charge on any atom is 0.240 e. The third-order valence-corrected chi connectivity index (χ3v) is 1.72. The molecule has 94 valence electrons. The molecule has 0 unspecified atom stereocenters. The summed E-state index contributed by atoms with van der Waals surface area (Å²) in [5.41, 5.74) is 1.89. The molecule has 0 saturated carbocycles. The van der Waals surface area contributed by atoms with Gasteiger partial charge in [0, 0.05) is 6.92 Å². The minimum atomic E-state index is -0.440. The highest BCUT2D eigenvalue weighted by Gasteiger charge is 2.02. The summed E-state index contributed by atoms with van der Waals surface area (Å²) in [6, 6.07) is 5.07. The number of benzene rings is 1. The van der Waals surface area contributed by atoms with Crippen LogP contribution in [0.4, 0.5) is 0 Å². The summed E-state index contributed by atoms with van der Waals surface area (Å²) >= 11 is 0. The van der Waals surface area contributed by atoms with Gasteiger partial charge >= 0.3 is 0 Å². The zero-order chi connectivity index (χ0) is 13.3. The first-order valence-corrected chi connectivity index (χ1v) is 4.66. The lowest BCUT2D eigenvalue weighted by atomic mass is 10.2. The molecule has 6 nitrogen and oxygen atoms in total. The second-order valence-electron chi connectivity index (χ2n) is 2.89. The van der Waals surface area contributed by atoms with Crippen molar-refractivity contribution in [2.75, 3.05) is 14.2 Å². The molecule has 0 aliphatic carbocycles. The van der Waals surface area contributed by atoms with Gasteiger partial charge in [0.05, 0.1) is 19.8 Å². The van der Waals surface area contributed by atoms with Gasteiger partial charge in [-0.2, -0.15) is 0 Å². The number of carbonyl (C=O) groups is 2. The molecule has 0 saturated heterocycles. The van der Waals surface area contributed by atoms with Crippen LogP contribution in [-0.2, 0) is 4.79 Å². The Labute approximate surface area is 99.1 Å². The number of hydroxylamine groups is 1. The Balaban J connectivity index is 0.000000437. The second-order valence-corrected chi connectivity index (χ2v) is 2.89. The highest BCUT2D eigenvalue weighted by Crippen LogP contribution is 2.21. The predicted molar refractivity (Wildman–Crippen MR) is 60.5 cm³/mol. The first-order chi connectivity index (χ1) is 8.08. The van der Waals surface area contributed by atoms with Crippen LogP contribution >= 0.6 is 0 Å². The van der Waals surface area contributed by atoms with Crippen LogP contribution in [0.5, 0.6) is 11.5 Å². The van der Waals surface area contributed by atoms with Crippen molar-refractivity contribution in [3.8, 4) is 11.5 Å². The van der Waals surface area contributed by atoms with E-state index in [2.05, 4.69) is 0 Å². The molecular formula is C11H15NO5. The first-order valence-electron chi connectivity index (χ1n) is 4.66. The number of nitrogens with one attached hydrogen (secondary N) is 1. The third kappa shape index (κ3) is 5.53. The van der Waals surface area contributed by atoms with E-state index < -0.39 is 5.91 Å². The number of hydrogen-bond acceptors (Lipinski definition) is 5. The SMILES string of the molecule is CC(=O)NO.COc1ccc(OC)c(C=O)c1. The Morgan fingerprint density at radius 1 is 1.35 bits per heavy atom. The quantitative estimate of drug-likeness (QED) is 0.469. The van der Waals surface area contributed by atoms with Crippen LogP contribution in [0.15, 0.2) is 18.2 Å². The number of amides is 1. The number of hydrogen-bond donors (Lipinski definition) is 2. The topological polar surface area (TPSA) is 84.9 Å². The van der Waals surface area contributed by atoms with Gasteiger partial charge in [-0.05, 0) is 18.2 Å². The maximum absolute atomic E-state index is 10.5. The van der Waals surface area contributed by atoms with E-state index in [9.17, 15) is 9.59 Å². The molecule has 0 aliphatic rings. The van der Waals surface area contributed by atoms with Crippen molar-refractivity contribution in [3.05, 3.63) is 23.8 Å². The molecule has 0 spiro atoms. The van der Waals surface area contributed by atoms with Gasteiger partial charge in [0.25, 0.3) is 0 Å². The zero-order valence-corrected chi connectivity index (χ0v) is 9.89. The summed E-state index contributed by atoms with van der Waals surface area (Å²) < 4.78 is 9.89. The van der Waals surface area contributed by atoms with E-state index in [1.165, 1.54) is 19.5 Å². The molecule has 1 aromatic rings. The molecule has 2 N–H and O–H groups in total. The van der Waals surface area contributed by atoms with Crippen molar-refractivity contribution in [1.29, 1.82) is 0 Å². The van der Waals surface area contributed by atoms with Gasteiger partial charge in [-0.3, -0.25) is 14.8 Å². The monoisotopic (exact) mass is 241 g/mol. The molecule has 0 fully saturated rings. The molecule has 0 heterocycles. The standard InChI is InChI=1S/C9H10O3.C2H5NO2/c1-11-8-3-4-9(12-2)7(5-8)6-10;1-2(4)3-5/h3-6H,1-2H3;5H,1H3,(H,3,4). The highest BCUT2D eigenvalue weighted by molar-refractivity contribution is 5.80. The van der Waals surface area contributed by atoms with Gasteiger partial charge in [-0.25, -0.2) is 5.48 Å². The molecular weight excluding hydrogens is 226 g/mol. The maximum atomic E-state index is 10.5. The molecule has 1 rings (SSSR count). The lowest BCUT2D eigenvalue weighted by molar-refractivity contribution is -0.126. The van der Waals surface area contributed by atoms with Gasteiger partial charge < -0.3 is 9.47 Å². The first kappa shape index (κ1) is 14.9. The minimum Gasteiger partial charge on any atom is -0.497 e. The number of rotatable bonds is 3. The van der Waals surface area contributed by atoms with Crippen molar-refractivity contribution in [3.63, 3.8) is 0 Å². The third-order valence-electron chi connectivity index (χ3n) is 1.72. The molecule has 6 heteroatoms. The van der Waals surface area contributed by atoms with E-state index in [1.807, 2.05) is 0 Å². The number of carbonyl (C=O) groups excluding carboxylic acids is 2. The second kappa shape index (κ2) is 8.12. The van der Waals surface area contributed by atoms with E-state index in [1.54, 1.807) is 25.3 Å². The molecule has 0 aromatic heterocycles. The van der Waals surface area contributed by atoms with Gasteiger partial charge in [0.15, 0.2) is 6.29 Å². The molecule has 1 amide bonds. The van der Waals surface area contributed by atoms with Crippen molar-refractivity contribution in [1.82, 2.24) is 5.48 Å². The summed E-state index contributed by atoms with van der Waals surface area (Å²) in [6.07, 6.45) is 0.737. The molecule has 0 atom stereocenters. The molecule has 17 heavy (non-hydrogen) atoms. The van der Waals surface area contributed by atoms with E-state index in [-0.39, 0.29) is 0 Å². The summed E-state index contributed by atoms with van der Waals surface area (Å²) in [5.74, 6) is 0.772. The van der Waals surface area contributed by atoms with Crippen LogP contribution in [-0.4, -0.2) is 31.6 Å². The lowest BCUT2D eigenvalue weighted by Crippen LogP contribution is -2.12. The van der Waals surface area contributed by atoms with Gasteiger partial charge in [-0.1, -0.05) is 0 Å². The normalized spacial score (nSPS) is 8.47. The van der Waals surface area contributed by atoms with E-state index >= 15 is 0 Å². The molecule has 0 bridgehead atoms. The van der Waals surface area contributed by atoms with Crippen LogP contribution in [0, 0.1) is 0 Å².